The van der Waals surface area contributed by atoms with E-state index in [9.17, 15) is 9.59 Å². The molecule has 0 saturated heterocycles. The van der Waals surface area contributed by atoms with Crippen molar-refractivity contribution in [2.45, 2.75) is 99.6 Å². The van der Waals surface area contributed by atoms with Crippen LogP contribution in [-0.2, 0) is 16.0 Å². The minimum Gasteiger partial charge on any atom is -0.372 e. The second-order valence-corrected chi connectivity index (χ2v) is 13.8. The van der Waals surface area contributed by atoms with Gasteiger partial charge in [0.2, 0.25) is 0 Å². The molecular weight excluding hydrogens is 446 g/mol. The lowest BCUT2D eigenvalue weighted by Gasteiger charge is -2.43. The predicted octanol–water partition coefficient (Wildman–Crippen LogP) is 6.57. The standard InChI is InChI=1S/C31H47N3O2/c1-28(2,3)33-17-15-30(7,8)24(20-33)26(35)19-22-11-13-23(14-12-22)32-27(36)25-21-34(29(4,5)6)18-16-31(25,9)10/h11-14,20-21H,15-19H2,1-10H3,(H,32,36). The number of hydrogen-bond acceptors (Lipinski definition) is 4. The van der Waals surface area contributed by atoms with Crippen LogP contribution in [0.3, 0.4) is 0 Å². The smallest absolute Gasteiger partial charge is 0.253 e. The first-order valence-corrected chi connectivity index (χ1v) is 13.3. The Morgan fingerprint density at radius 3 is 1.69 bits per heavy atom. The second kappa shape index (κ2) is 9.72. The number of amides is 1. The highest BCUT2D eigenvalue weighted by Gasteiger charge is 2.36. The summed E-state index contributed by atoms with van der Waals surface area (Å²) in [5.74, 6) is 0.108. The first-order chi connectivity index (χ1) is 16.4. The molecule has 0 spiro atoms. The van der Waals surface area contributed by atoms with Crippen molar-refractivity contribution in [1.29, 1.82) is 0 Å². The molecule has 1 N–H and O–H groups in total. The van der Waals surface area contributed by atoms with Gasteiger partial charge >= 0.3 is 0 Å². The zero-order valence-corrected chi connectivity index (χ0v) is 24.2. The van der Waals surface area contributed by atoms with E-state index in [1.54, 1.807) is 0 Å². The second-order valence-electron chi connectivity index (χ2n) is 13.8. The summed E-state index contributed by atoms with van der Waals surface area (Å²) in [6.45, 7) is 23.6. The van der Waals surface area contributed by atoms with E-state index < -0.39 is 0 Å². The van der Waals surface area contributed by atoms with E-state index in [0.717, 1.165) is 48.3 Å². The van der Waals surface area contributed by atoms with Crippen molar-refractivity contribution < 1.29 is 9.59 Å². The predicted molar refractivity (Wildman–Crippen MR) is 150 cm³/mol. The monoisotopic (exact) mass is 493 g/mol. The van der Waals surface area contributed by atoms with Crippen molar-refractivity contribution in [3.05, 3.63) is 53.4 Å². The van der Waals surface area contributed by atoms with Crippen LogP contribution in [0.5, 0.6) is 0 Å². The average Bonchev–Trinajstić information content (AvgIpc) is 2.72. The molecule has 3 rings (SSSR count). The van der Waals surface area contributed by atoms with E-state index in [2.05, 4.69) is 90.6 Å². The molecule has 198 valence electrons. The van der Waals surface area contributed by atoms with Gasteiger partial charge in [-0.05, 0) is 82.9 Å². The average molecular weight is 494 g/mol. The van der Waals surface area contributed by atoms with Crippen LogP contribution in [0.1, 0.15) is 87.6 Å². The summed E-state index contributed by atoms with van der Waals surface area (Å²) in [7, 11) is 0. The molecule has 0 saturated carbocycles. The number of nitrogens with one attached hydrogen (secondary N) is 1. The van der Waals surface area contributed by atoms with Crippen molar-refractivity contribution in [2.75, 3.05) is 18.4 Å². The lowest BCUT2D eigenvalue weighted by Crippen LogP contribution is -2.44. The van der Waals surface area contributed by atoms with Gasteiger partial charge in [0.1, 0.15) is 0 Å². The number of rotatable bonds is 5. The summed E-state index contributed by atoms with van der Waals surface area (Å²) in [4.78, 5) is 31.1. The van der Waals surface area contributed by atoms with Crippen LogP contribution < -0.4 is 5.32 Å². The molecule has 2 aliphatic rings. The van der Waals surface area contributed by atoms with Crippen LogP contribution in [0.25, 0.3) is 0 Å². The van der Waals surface area contributed by atoms with Crippen molar-refractivity contribution >= 4 is 17.4 Å². The van der Waals surface area contributed by atoms with Gasteiger partial charge in [0.25, 0.3) is 5.91 Å². The number of allylic oxidation sites excluding steroid dienone is 1. The van der Waals surface area contributed by atoms with Crippen LogP contribution in [0.4, 0.5) is 5.69 Å². The van der Waals surface area contributed by atoms with Crippen LogP contribution in [-0.4, -0.2) is 45.7 Å². The summed E-state index contributed by atoms with van der Waals surface area (Å²) < 4.78 is 0. The Hall–Kier alpha value is -2.56. The molecule has 0 aliphatic carbocycles. The van der Waals surface area contributed by atoms with Crippen molar-refractivity contribution in [2.24, 2.45) is 10.8 Å². The number of benzene rings is 1. The largest absolute Gasteiger partial charge is 0.372 e. The number of carbonyl (C=O) groups is 2. The Kier molecular flexibility index (Phi) is 7.56. The van der Waals surface area contributed by atoms with E-state index in [1.807, 2.05) is 30.5 Å². The molecule has 0 fully saturated rings. The Bertz CT molecular complexity index is 962. The SMILES string of the molecule is CC1(C)CCN(C(C)(C)C)C=C1C(=O)Cc1ccc(NC(=O)C2=CN(C(C)(C)C)CCC2(C)C)cc1. The maximum absolute atomic E-state index is 13.3. The van der Waals surface area contributed by atoms with Gasteiger partial charge in [0.05, 0.1) is 0 Å². The van der Waals surface area contributed by atoms with Crippen LogP contribution in [0, 0.1) is 10.8 Å². The zero-order valence-electron chi connectivity index (χ0n) is 24.2. The van der Waals surface area contributed by atoms with Crippen LogP contribution >= 0.6 is 0 Å². The molecule has 5 nitrogen and oxygen atoms in total. The molecule has 1 amide bonds. The van der Waals surface area contributed by atoms with E-state index in [4.69, 9.17) is 0 Å². The van der Waals surface area contributed by atoms with E-state index in [1.165, 1.54) is 0 Å². The lowest BCUT2D eigenvalue weighted by molar-refractivity contribution is -0.116. The van der Waals surface area contributed by atoms with Gasteiger partial charge in [-0.15, -0.1) is 0 Å². The molecular formula is C31H47N3O2. The molecule has 0 radical (unpaired) electrons. The van der Waals surface area contributed by atoms with Gasteiger partial charge in [0, 0.05) is 59.8 Å². The number of ketones is 1. The van der Waals surface area contributed by atoms with Crippen LogP contribution in [0.2, 0.25) is 0 Å². The summed E-state index contributed by atoms with van der Waals surface area (Å²) >= 11 is 0. The number of Topliss-reactive ketones (excluding diaryl/α,β-unsaturated/α-hetero) is 1. The van der Waals surface area contributed by atoms with Crippen molar-refractivity contribution in [3.8, 4) is 0 Å². The summed E-state index contributed by atoms with van der Waals surface area (Å²) in [5, 5.41) is 3.08. The van der Waals surface area contributed by atoms with E-state index in [-0.39, 0.29) is 33.6 Å². The maximum atomic E-state index is 13.3. The molecule has 2 aliphatic heterocycles. The summed E-state index contributed by atoms with van der Waals surface area (Å²) in [5.41, 5.74) is 3.06. The Balaban J connectivity index is 1.72. The molecule has 0 unspecified atom stereocenters. The molecule has 2 heterocycles. The third kappa shape index (κ3) is 6.41. The number of hydrogen-bond donors (Lipinski definition) is 1. The topological polar surface area (TPSA) is 52.7 Å². The number of carbonyl (C=O) groups excluding carboxylic acids is 2. The van der Waals surface area contributed by atoms with Gasteiger partial charge < -0.3 is 15.1 Å². The molecule has 5 heteroatoms. The highest BCUT2D eigenvalue weighted by Crippen LogP contribution is 2.39. The van der Waals surface area contributed by atoms with Gasteiger partial charge in [-0.25, -0.2) is 0 Å². The lowest BCUT2D eigenvalue weighted by atomic mass is 9.75. The fourth-order valence-electron chi connectivity index (χ4n) is 4.92. The summed E-state index contributed by atoms with van der Waals surface area (Å²) in [6.07, 6.45) is 6.38. The molecule has 0 aromatic heterocycles. The van der Waals surface area contributed by atoms with Crippen LogP contribution in [0.15, 0.2) is 47.8 Å². The third-order valence-corrected chi connectivity index (χ3v) is 7.83. The quantitative estimate of drug-likeness (QED) is 0.504. The summed E-state index contributed by atoms with van der Waals surface area (Å²) in [6, 6.07) is 7.71. The molecule has 36 heavy (non-hydrogen) atoms. The maximum Gasteiger partial charge on any atom is 0.253 e. The Labute approximate surface area is 219 Å². The van der Waals surface area contributed by atoms with Gasteiger partial charge in [-0.1, -0.05) is 39.8 Å². The molecule has 0 bridgehead atoms. The Morgan fingerprint density at radius 1 is 0.778 bits per heavy atom. The zero-order chi connectivity index (χ0) is 27.1. The first kappa shape index (κ1) is 28.0. The Morgan fingerprint density at radius 2 is 1.22 bits per heavy atom. The highest BCUT2D eigenvalue weighted by molar-refractivity contribution is 6.04. The fourth-order valence-corrected chi connectivity index (χ4v) is 4.92. The minimum absolute atomic E-state index is 0.00582. The van der Waals surface area contributed by atoms with E-state index >= 15 is 0 Å². The molecule has 1 aromatic rings. The van der Waals surface area contributed by atoms with Crippen molar-refractivity contribution in [1.82, 2.24) is 9.80 Å². The highest BCUT2D eigenvalue weighted by atomic mass is 16.1. The van der Waals surface area contributed by atoms with Gasteiger partial charge in [-0.2, -0.15) is 0 Å². The van der Waals surface area contributed by atoms with E-state index in [0.29, 0.717) is 6.42 Å². The first-order valence-electron chi connectivity index (χ1n) is 13.3. The van der Waals surface area contributed by atoms with Crippen molar-refractivity contribution in [3.63, 3.8) is 0 Å². The van der Waals surface area contributed by atoms with Gasteiger partial charge in [-0.3, -0.25) is 9.59 Å². The fraction of sp³-hybridized carbons (Fsp3) is 0.613. The number of nitrogens with zero attached hydrogens (tertiary/aromatic N) is 2. The molecule has 0 atom stereocenters. The third-order valence-electron chi connectivity index (χ3n) is 7.83. The number of anilines is 1. The van der Waals surface area contributed by atoms with Gasteiger partial charge in [0.15, 0.2) is 5.78 Å². The minimum atomic E-state index is -0.181. The molecule has 1 aromatic carbocycles. The normalized spacial score (nSPS) is 19.9.